The van der Waals surface area contributed by atoms with E-state index in [1.165, 1.54) is 44.1 Å². The molecule has 1 aromatic carbocycles. The van der Waals surface area contributed by atoms with Gasteiger partial charge in [0.15, 0.2) is 0 Å². The van der Waals surface area contributed by atoms with Crippen molar-refractivity contribution in [1.82, 2.24) is 5.32 Å². The van der Waals surface area contributed by atoms with Gasteiger partial charge in [-0.1, -0.05) is 59.8 Å². The normalized spacial score (nSPS) is 18.5. The van der Waals surface area contributed by atoms with Crippen LogP contribution in [-0.2, 0) is 0 Å². The van der Waals surface area contributed by atoms with E-state index in [0.29, 0.717) is 6.04 Å². The molecule has 0 heterocycles. The molecule has 1 unspecified atom stereocenters. The standard InChI is InChI=1S/C16H23BrClN/c1-2-10-19-16(12-6-4-3-5-7-12)14-9-8-13(18)11-15(14)17/h8-9,11-12,16,19H,2-7,10H2,1H3. The summed E-state index contributed by atoms with van der Waals surface area (Å²) in [6.45, 7) is 3.30. The Hall–Kier alpha value is -0.0500. The van der Waals surface area contributed by atoms with Crippen LogP contribution in [0.3, 0.4) is 0 Å². The van der Waals surface area contributed by atoms with Crippen LogP contribution >= 0.6 is 27.5 Å². The lowest BCUT2D eigenvalue weighted by Crippen LogP contribution is -2.30. The lowest BCUT2D eigenvalue weighted by molar-refractivity contribution is 0.271. The first-order valence-corrected chi connectivity index (χ1v) is 8.57. The van der Waals surface area contributed by atoms with Gasteiger partial charge in [-0.05, 0) is 49.4 Å². The number of hydrogen-bond acceptors (Lipinski definition) is 1. The van der Waals surface area contributed by atoms with Crippen LogP contribution in [0.25, 0.3) is 0 Å². The maximum Gasteiger partial charge on any atom is 0.0417 e. The van der Waals surface area contributed by atoms with Crippen molar-refractivity contribution in [3.05, 3.63) is 33.3 Å². The van der Waals surface area contributed by atoms with Crippen LogP contribution < -0.4 is 5.32 Å². The Morgan fingerprint density at radius 1 is 1.32 bits per heavy atom. The van der Waals surface area contributed by atoms with Gasteiger partial charge in [0.1, 0.15) is 0 Å². The van der Waals surface area contributed by atoms with Gasteiger partial charge in [-0.3, -0.25) is 0 Å². The fourth-order valence-corrected chi connectivity index (χ4v) is 3.98. The van der Waals surface area contributed by atoms with Gasteiger partial charge in [0.05, 0.1) is 0 Å². The van der Waals surface area contributed by atoms with E-state index in [9.17, 15) is 0 Å². The molecule has 1 saturated carbocycles. The zero-order valence-electron chi connectivity index (χ0n) is 11.6. The minimum absolute atomic E-state index is 0.465. The fraction of sp³-hybridized carbons (Fsp3) is 0.625. The van der Waals surface area contributed by atoms with Crippen molar-refractivity contribution in [3.8, 4) is 0 Å². The molecule has 0 saturated heterocycles. The predicted molar refractivity (Wildman–Crippen MR) is 86.8 cm³/mol. The summed E-state index contributed by atoms with van der Waals surface area (Å²) in [5.74, 6) is 0.762. The molecule has 0 aliphatic heterocycles. The van der Waals surface area contributed by atoms with Gasteiger partial charge >= 0.3 is 0 Å². The summed E-state index contributed by atoms with van der Waals surface area (Å²) in [4.78, 5) is 0. The van der Waals surface area contributed by atoms with Gasteiger partial charge in [0.25, 0.3) is 0 Å². The summed E-state index contributed by atoms with van der Waals surface area (Å²) in [5, 5.41) is 4.54. The summed E-state index contributed by atoms with van der Waals surface area (Å²) in [6.07, 6.45) is 8.01. The summed E-state index contributed by atoms with van der Waals surface area (Å²) in [6, 6.07) is 6.66. The van der Waals surface area contributed by atoms with E-state index in [0.717, 1.165) is 22.0 Å². The minimum atomic E-state index is 0.465. The van der Waals surface area contributed by atoms with E-state index >= 15 is 0 Å². The highest BCUT2D eigenvalue weighted by Gasteiger charge is 2.25. The molecular weight excluding hydrogens is 322 g/mol. The fourth-order valence-electron chi connectivity index (χ4n) is 3.05. The maximum absolute atomic E-state index is 6.06. The summed E-state index contributed by atoms with van der Waals surface area (Å²) in [7, 11) is 0. The number of nitrogens with one attached hydrogen (secondary N) is 1. The third-order valence-corrected chi connectivity index (χ3v) is 4.95. The Morgan fingerprint density at radius 2 is 2.05 bits per heavy atom. The van der Waals surface area contributed by atoms with Crippen molar-refractivity contribution in [2.24, 2.45) is 5.92 Å². The van der Waals surface area contributed by atoms with E-state index in [1.807, 2.05) is 12.1 Å². The minimum Gasteiger partial charge on any atom is -0.310 e. The second-order valence-electron chi connectivity index (χ2n) is 5.50. The topological polar surface area (TPSA) is 12.0 Å². The molecule has 0 bridgehead atoms. The molecule has 1 fully saturated rings. The zero-order valence-corrected chi connectivity index (χ0v) is 13.9. The van der Waals surface area contributed by atoms with Crippen molar-refractivity contribution in [1.29, 1.82) is 0 Å². The van der Waals surface area contributed by atoms with Crippen LogP contribution in [0.15, 0.2) is 22.7 Å². The van der Waals surface area contributed by atoms with Crippen LogP contribution in [0.1, 0.15) is 57.1 Å². The molecule has 1 aliphatic rings. The van der Waals surface area contributed by atoms with Gasteiger partial charge in [-0.25, -0.2) is 0 Å². The van der Waals surface area contributed by atoms with Gasteiger partial charge < -0.3 is 5.32 Å². The highest BCUT2D eigenvalue weighted by Crippen LogP contribution is 2.37. The molecule has 2 rings (SSSR count). The lowest BCUT2D eigenvalue weighted by atomic mass is 9.81. The lowest BCUT2D eigenvalue weighted by Gasteiger charge is -2.32. The zero-order chi connectivity index (χ0) is 13.7. The van der Waals surface area contributed by atoms with E-state index < -0.39 is 0 Å². The largest absolute Gasteiger partial charge is 0.310 e. The van der Waals surface area contributed by atoms with Crippen LogP contribution in [-0.4, -0.2) is 6.54 Å². The number of benzene rings is 1. The van der Waals surface area contributed by atoms with E-state index in [2.05, 4.69) is 34.2 Å². The van der Waals surface area contributed by atoms with E-state index in [1.54, 1.807) is 0 Å². The molecule has 1 nitrogen and oxygen atoms in total. The van der Waals surface area contributed by atoms with Crippen molar-refractivity contribution in [2.45, 2.75) is 51.5 Å². The first-order valence-electron chi connectivity index (χ1n) is 7.40. The van der Waals surface area contributed by atoms with Crippen LogP contribution in [0.2, 0.25) is 5.02 Å². The third kappa shape index (κ3) is 4.21. The Labute approximate surface area is 130 Å². The Kier molecular flexibility index (Phi) is 6.18. The summed E-state index contributed by atoms with van der Waals surface area (Å²) >= 11 is 9.74. The summed E-state index contributed by atoms with van der Waals surface area (Å²) < 4.78 is 1.14. The quantitative estimate of drug-likeness (QED) is 0.720. The molecule has 106 valence electrons. The Balaban J connectivity index is 2.19. The SMILES string of the molecule is CCCNC(c1ccc(Cl)cc1Br)C1CCCCC1. The molecule has 3 heteroatoms. The van der Waals surface area contributed by atoms with Crippen molar-refractivity contribution >= 4 is 27.5 Å². The highest BCUT2D eigenvalue weighted by molar-refractivity contribution is 9.10. The number of halogens is 2. The van der Waals surface area contributed by atoms with Gasteiger partial charge in [-0.2, -0.15) is 0 Å². The molecule has 19 heavy (non-hydrogen) atoms. The maximum atomic E-state index is 6.06. The first-order chi connectivity index (χ1) is 9.22. The molecule has 0 amide bonds. The smallest absolute Gasteiger partial charge is 0.0417 e. The molecular formula is C16H23BrClN. The molecule has 1 N–H and O–H groups in total. The summed E-state index contributed by atoms with van der Waals surface area (Å²) in [5.41, 5.74) is 1.37. The van der Waals surface area contributed by atoms with Crippen molar-refractivity contribution in [3.63, 3.8) is 0 Å². The van der Waals surface area contributed by atoms with E-state index in [-0.39, 0.29) is 0 Å². The first kappa shape index (κ1) is 15.3. The van der Waals surface area contributed by atoms with Gasteiger partial charge in [-0.15, -0.1) is 0 Å². The predicted octanol–water partition coefficient (Wildman–Crippen LogP) is 5.72. The molecule has 1 aromatic rings. The average Bonchev–Trinajstić information content (AvgIpc) is 2.42. The monoisotopic (exact) mass is 343 g/mol. The molecule has 0 spiro atoms. The van der Waals surface area contributed by atoms with Crippen molar-refractivity contribution in [2.75, 3.05) is 6.54 Å². The second kappa shape index (κ2) is 7.66. The van der Waals surface area contributed by atoms with Gasteiger partial charge in [0.2, 0.25) is 0 Å². The Morgan fingerprint density at radius 3 is 2.68 bits per heavy atom. The molecule has 0 aromatic heterocycles. The third-order valence-electron chi connectivity index (χ3n) is 4.03. The van der Waals surface area contributed by atoms with Gasteiger partial charge in [0, 0.05) is 15.5 Å². The molecule has 0 radical (unpaired) electrons. The van der Waals surface area contributed by atoms with Crippen molar-refractivity contribution < 1.29 is 0 Å². The molecule has 1 aliphatic carbocycles. The number of hydrogen-bond donors (Lipinski definition) is 1. The van der Waals surface area contributed by atoms with Crippen LogP contribution in [0, 0.1) is 5.92 Å². The highest BCUT2D eigenvalue weighted by atomic mass is 79.9. The van der Waals surface area contributed by atoms with Crippen LogP contribution in [0.5, 0.6) is 0 Å². The second-order valence-corrected chi connectivity index (χ2v) is 6.79. The Bertz CT molecular complexity index is 402. The van der Waals surface area contributed by atoms with Crippen LogP contribution in [0.4, 0.5) is 0 Å². The number of rotatable bonds is 5. The molecule has 1 atom stereocenters. The van der Waals surface area contributed by atoms with E-state index in [4.69, 9.17) is 11.6 Å². The average molecular weight is 345 g/mol.